The molecule has 37 heavy (non-hydrogen) atoms. The van der Waals surface area contributed by atoms with E-state index < -0.39 is 0 Å². The maximum atomic E-state index is 12.8. The first-order chi connectivity index (χ1) is 18.1. The van der Waals surface area contributed by atoms with Gasteiger partial charge in [0.05, 0.1) is 23.8 Å². The Morgan fingerprint density at radius 1 is 0.973 bits per heavy atom. The first kappa shape index (κ1) is 23.5. The summed E-state index contributed by atoms with van der Waals surface area (Å²) in [5.41, 5.74) is 3.99. The lowest BCUT2D eigenvalue weighted by Gasteiger charge is -2.22. The molecule has 0 fully saturated rings. The summed E-state index contributed by atoms with van der Waals surface area (Å²) < 4.78 is 5.35. The van der Waals surface area contributed by atoms with Crippen LogP contribution in [0.4, 0.5) is 0 Å². The number of amides is 1. The van der Waals surface area contributed by atoms with Crippen LogP contribution in [0.3, 0.4) is 0 Å². The van der Waals surface area contributed by atoms with Crippen molar-refractivity contribution >= 4 is 57.0 Å². The molecule has 0 unspecified atom stereocenters. The van der Waals surface area contributed by atoms with Gasteiger partial charge in [0.15, 0.2) is 5.17 Å². The zero-order chi connectivity index (χ0) is 25.4. The minimum absolute atomic E-state index is 0.0960. The highest BCUT2D eigenvalue weighted by atomic mass is 35.5. The number of hydrazone groups is 1. The second-order valence-corrected chi connectivity index (χ2v) is 10.3. The van der Waals surface area contributed by atoms with Crippen molar-refractivity contribution in [1.29, 1.82) is 0 Å². The number of hydrogen-bond acceptors (Lipinski definition) is 5. The van der Waals surface area contributed by atoms with Crippen LogP contribution in [0.15, 0.2) is 106 Å². The Balaban J connectivity index is 1.35. The number of hydrogen-bond donors (Lipinski definition) is 0. The van der Waals surface area contributed by atoms with Gasteiger partial charge in [0.2, 0.25) is 0 Å². The summed E-state index contributed by atoms with van der Waals surface area (Å²) in [5.74, 6) is 0.526. The van der Waals surface area contributed by atoms with Crippen molar-refractivity contribution in [2.24, 2.45) is 10.1 Å². The lowest BCUT2D eigenvalue weighted by atomic mass is 9.97. The van der Waals surface area contributed by atoms with E-state index in [1.165, 1.54) is 17.1 Å². The van der Waals surface area contributed by atoms with E-state index in [9.17, 15) is 4.79 Å². The third-order valence-electron chi connectivity index (χ3n) is 6.47. The Bertz CT molecular complexity index is 1590. The number of methoxy groups -OCH3 is 1. The van der Waals surface area contributed by atoms with E-state index in [-0.39, 0.29) is 11.9 Å². The van der Waals surface area contributed by atoms with Crippen LogP contribution in [0.25, 0.3) is 16.8 Å². The predicted molar refractivity (Wildman–Crippen MR) is 152 cm³/mol. The molecular formula is C30H22ClN3O2S. The molecule has 4 aromatic carbocycles. The second kappa shape index (κ2) is 9.88. The number of aliphatic imine (C=N–C) groups is 1. The van der Waals surface area contributed by atoms with Crippen molar-refractivity contribution in [1.82, 2.24) is 5.01 Å². The third kappa shape index (κ3) is 4.78. The fraction of sp³-hybridized carbons (Fsp3) is 0.100. The molecule has 2 aliphatic rings. The monoisotopic (exact) mass is 523 g/mol. The van der Waals surface area contributed by atoms with E-state index in [4.69, 9.17) is 21.4 Å². The number of carbonyl (C=O) groups excluding carboxylic acids is 1. The summed E-state index contributed by atoms with van der Waals surface area (Å²) in [7, 11) is 1.65. The van der Waals surface area contributed by atoms with Crippen LogP contribution in [0, 0.1) is 0 Å². The Labute approximate surface area is 224 Å². The van der Waals surface area contributed by atoms with Gasteiger partial charge in [-0.25, -0.2) is 5.01 Å². The van der Waals surface area contributed by atoms with Crippen LogP contribution < -0.4 is 4.74 Å². The van der Waals surface area contributed by atoms with Gasteiger partial charge in [-0.3, -0.25) is 4.79 Å². The van der Waals surface area contributed by atoms with Crippen LogP contribution in [0.1, 0.15) is 29.2 Å². The number of ether oxygens (including phenoxy) is 1. The van der Waals surface area contributed by atoms with E-state index in [2.05, 4.69) is 35.3 Å². The zero-order valence-electron chi connectivity index (χ0n) is 20.0. The molecule has 4 aromatic rings. The molecule has 6 rings (SSSR count). The van der Waals surface area contributed by atoms with Gasteiger partial charge in [0, 0.05) is 11.4 Å². The lowest BCUT2D eigenvalue weighted by molar-refractivity contribution is -0.113. The third-order valence-corrected chi connectivity index (χ3v) is 7.69. The minimum Gasteiger partial charge on any atom is -0.497 e. The fourth-order valence-electron chi connectivity index (χ4n) is 4.52. The molecule has 0 radical (unpaired) electrons. The molecule has 1 atom stereocenters. The molecule has 0 N–H and O–H groups in total. The average Bonchev–Trinajstić information content (AvgIpc) is 3.53. The highest BCUT2D eigenvalue weighted by Crippen LogP contribution is 2.40. The largest absolute Gasteiger partial charge is 0.497 e. The molecule has 1 amide bonds. The van der Waals surface area contributed by atoms with Gasteiger partial charge < -0.3 is 4.74 Å². The lowest BCUT2D eigenvalue weighted by Crippen LogP contribution is -2.23. The van der Waals surface area contributed by atoms with Gasteiger partial charge in [-0.1, -0.05) is 72.3 Å². The maximum absolute atomic E-state index is 12.8. The van der Waals surface area contributed by atoms with E-state index >= 15 is 0 Å². The molecule has 0 aliphatic carbocycles. The van der Waals surface area contributed by atoms with E-state index in [1.54, 1.807) is 19.2 Å². The van der Waals surface area contributed by atoms with E-state index in [0.717, 1.165) is 33.5 Å². The van der Waals surface area contributed by atoms with E-state index in [0.29, 0.717) is 21.5 Å². The standard InChI is InChI=1S/C30H22ClN3O2S/c1-36-25-14-10-21(11-15-25)27-18-26(23-9-8-20-4-2-3-5-22(20)17-23)33-34(27)30-32-29(35)28(37-30)16-19-6-12-24(31)13-7-19/h2-17,27H,18H2,1H3/b28-16-/t27-/m1/s1. The topological polar surface area (TPSA) is 54.3 Å². The van der Waals surface area contributed by atoms with Crippen LogP contribution in [-0.4, -0.2) is 28.9 Å². The summed E-state index contributed by atoms with van der Waals surface area (Å²) in [6, 6.07) is 30.0. The average molecular weight is 524 g/mol. The first-order valence-electron chi connectivity index (χ1n) is 11.9. The van der Waals surface area contributed by atoms with E-state index in [1.807, 2.05) is 59.6 Å². The highest BCUT2D eigenvalue weighted by molar-refractivity contribution is 8.18. The Morgan fingerprint density at radius 3 is 2.49 bits per heavy atom. The molecule has 0 aromatic heterocycles. The van der Waals surface area contributed by atoms with Crippen molar-refractivity contribution in [3.8, 4) is 5.75 Å². The van der Waals surface area contributed by atoms with Crippen LogP contribution >= 0.6 is 23.4 Å². The van der Waals surface area contributed by atoms with Crippen molar-refractivity contribution in [2.75, 3.05) is 7.11 Å². The number of carbonyl (C=O) groups is 1. The number of thioether (sulfide) groups is 1. The van der Waals surface area contributed by atoms with Gasteiger partial charge >= 0.3 is 0 Å². The minimum atomic E-state index is -0.266. The van der Waals surface area contributed by atoms with Crippen molar-refractivity contribution < 1.29 is 9.53 Å². The summed E-state index contributed by atoms with van der Waals surface area (Å²) in [4.78, 5) is 17.8. The maximum Gasteiger partial charge on any atom is 0.286 e. The summed E-state index contributed by atoms with van der Waals surface area (Å²) in [5, 5.41) is 10.5. The van der Waals surface area contributed by atoms with Gasteiger partial charge in [-0.05, 0) is 75.6 Å². The molecule has 0 spiro atoms. The van der Waals surface area contributed by atoms with Gasteiger partial charge in [0.25, 0.3) is 5.91 Å². The molecule has 182 valence electrons. The van der Waals surface area contributed by atoms with Gasteiger partial charge in [0.1, 0.15) is 5.75 Å². The molecule has 0 bridgehead atoms. The van der Waals surface area contributed by atoms with Crippen molar-refractivity contribution in [3.63, 3.8) is 0 Å². The summed E-state index contributed by atoms with van der Waals surface area (Å²) in [6.45, 7) is 0. The number of nitrogens with zero attached hydrogens (tertiary/aromatic N) is 3. The van der Waals surface area contributed by atoms with Crippen LogP contribution in [0.2, 0.25) is 5.02 Å². The Kier molecular flexibility index (Phi) is 6.28. The molecule has 0 saturated heterocycles. The highest BCUT2D eigenvalue weighted by Gasteiger charge is 2.36. The molecular weight excluding hydrogens is 502 g/mol. The Hall–Kier alpha value is -3.87. The molecule has 5 nitrogen and oxygen atoms in total. The van der Waals surface area contributed by atoms with Gasteiger partial charge in [-0.15, -0.1) is 0 Å². The normalized spacial score (nSPS) is 18.4. The zero-order valence-corrected chi connectivity index (χ0v) is 21.5. The molecule has 7 heteroatoms. The van der Waals surface area contributed by atoms with Crippen LogP contribution in [0.5, 0.6) is 5.75 Å². The molecule has 2 heterocycles. The smallest absolute Gasteiger partial charge is 0.286 e. The Morgan fingerprint density at radius 2 is 1.73 bits per heavy atom. The molecule has 0 saturated carbocycles. The summed E-state index contributed by atoms with van der Waals surface area (Å²) in [6.07, 6.45) is 2.53. The number of halogens is 1. The SMILES string of the molecule is COc1ccc([C@H]2CC(c3ccc4ccccc4c3)=NN2C2=NC(=O)/C(=C/c3ccc(Cl)cc3)S2)cc1. The quantitative estimate of drug-likeness (QED) is 0.263. The first-order valence-corrected chi connectivity index (χ1v) is 13.0. The fourth-order valence-corrected chi connectivity index (χ4v) is 5.56. The summed E-state index contributed by atoms with van der Waals surface area (Å²) >= 11 is 7.35. The molecule has 2 aliphatic heterocycles. The number of amidine groups is 1. The van der Waals surface area contributed by atoms with Crippen LogP contribution in [-0.2, 0) is 4.79 Å². The van der Waals surface area contributed by atoms with Gasteiger partial charge in [-0.2, -0.15) is 10.1 Å². The number of fused-ring (bicyclic) bond motifs is 1. The number of benzene rings is 4. The second-order valence-electron chi connectivity index (χ2n) is 8.81. The van der Waals surface area contributed by atoms with Crippen molar-refractivity contribution in [2.45, 2.75) is 12.5 Å². The number of rotatable bonds is 4. The van der Waals surface area contributed by atoms with Crippen molar-refractivity contribution in [3.05, 3.63) is 118 Å². The predicted octanol–water partition coefficient (Wildman–Crippen LogP) is 7.32.